The molecule has 214 valence electrons. The predicted molar refractivity (Wildman–Crippen MR) is 141 cm³/mol. The molecule has 4 aliphatic carbocycles. The van der Waals surface area contributed by atoms with E-state index in [1.807, 2.05) is 0 Å². The van der Waals surface area contributed by atoms with Crippen molar-refractivity contribution in [2.45, 2.75) is 76.4 Å². The lowest BCUT2D eigenvalue weighted by molar-refractivity contribution is -0.147. The molecule has 9 nitrogen and oxygen atoms in total. The number of phenolic OH excluding ortho intramolecular Hbond substituents is 1. The number of rotatable bonds is 3. The number of benzene rings is 1. The summed E-state index contributed by atoms with van der Waals surface area (Å²) in [7, 11) is 0. The van der Waals surface area contributed by atoms with Crippen molar-refractivity contribution < 1.29 is 39.2 Å². The summed E-state index contributed by atoms with van der Waals surface area (Å²) in [6.07, 6.45) is 8.01. The molecule has 0 radical (unpaired) electrons. The number of fused-ring (bicyclic) bond motifs is 3. The minimum atomic E-state index is -2.63. The van der Waals surface area contributed by atoms with Crippen LogP contribution in [0.15, 0.2) is 23.0 Å². The van der Waals surface area contributed by atoms with Gasteiger partial charge in [-0.25, -0.2) is 4.39 Å². The molecule has 1 aromatic carbocycles. The summed E-state index contributed by atoms with van der Waals surface area (Å²) >= 11 is 0. The average molecular weight is 555 g/mol. The molecule has 3 fully saturated rings. The van der Waals surface area contributed by atoms with Gasteiger partial charge in [-0.3, -0.25) is 19.3 Å². The van der Waals surface area contributed by atoms with Gasteiger partial charge in [-0.15, -0.1) is 0 Å². The van der Waals surface area contributed by atoms with Crippen molar-refractivity contribution in [3.63, 3.8) is 0 Å². The molecule has 6 N–H and O–H groups in total. The number of carbonyl (C=O) groups is 3. The van der Waals surface area contributed by atoms with E-state index in [4.69, 9.17) is 5.73 Å². The highest BCUT2D eigenvalue weighted by atomic mass is 19.1. The Bertz CT molecular complexity index is 1380. The number of phenols is 1. The van der Waals surface area contributed by atoms with Crippen molar-refractivity contribution >= 4 is 23.2 Å². The van der Waals surface area contributed by atoms with Gasteiger partial charge >= 0.3 is 0 Å². The van der Waals surface area contributed by atoms with Gasteiger partial charge in [0.15, 0.2) is 11.4 Å². The second kappa shape index (κ2) is 9.41. The van der Waals surface area contributed by atoms with Crippen molar-refractivity contribution in [3.05, 3.63) is 45.5 Å². The fraction of sp³-hybridized carbons (Fsp3) is 0.567. The van der Waals surface area contributed by atoms with E-state index < -0.39 is 64.2 Å². The van der Waals surface area contributed by atoms with Gasteiger partial charge in [0.1, 0.15) is 28.7 Å². The fourth-order valence-corrected chi connectivity index (χ4v) is 8.07. The van der Waals surface area contributed by atoms with Crippen LogP contribution in [0.1, 0.15) is 74.5 Å². The Hall–Kier alpha value is -3.24. The third kappa shape index (κ3) is 3.90. The van der Waals surface area contributed by atoms with Crippen LogP contribution in [0, 0.1) is 23.1 Å². The van der Waals surface area contributed by atoms with E-state index in [9.17, 15) is 34.8 Å². The molecule has 1 heterocycles. The highest BCUT2D eigenvalue weighted by Crippen LogP contribution is 2.52. The quantitative estimate of drug-likeness (QED) is 0.356. The molecular weight excluding hydrogens is 519 g/mol. The van der Waals surface area contributed by atoms with E-state index in [-0.39, 0.29) is 35.3 Å². The summed E-state index contributed by atoms with van der Waals surface area (Å²) < 4.78 is 16.0. The number of primary amides is 1. The number of piperidine rings is 1. The molecule has 6 rings (SSSR count). The van der Waals surface area contributed by atoms with Crippen molar-refractivity contribution in [1.82, 2.24) is 4.90 Å². The first kappa shape index (κ1) is 27.0. The van der Waals surface area contributed by atoms with Crippen LogP contribution in [0.5, 0.6) is 5.75 Å². The highest BCUT2D eigenvalue weighted by molar-refractivity contribution is 6.22. The van der Waals surface area contributed by atoms with Crippen LogP contribution in [0.25, 0.3) is 5.76 Å². The monoisotopic (exact) mass is 554 g/mol. The number of ketones is 2. The average Bonchev–Trinajstić information content (AvgIpc) is 2.90. The third-order valence-electron chi connectivity index (χ3n) is 10.3. The van der Waals surface area contributed by atoms with Crippen LogP contribution in [-0.2, 0) is 27.3 Å². The van der Waals surface area contributed by atoms with Crippen molar-refractivity contribution in [3.8, 4) is 5.75 Å². The molecule has 1 saturated heterocycles. The number of Topliss-reactive ketones (excluding diaryl/α,β-unsaturated/α-hetero) is 2. The van der Waals surface area contributed by atoms with E-state index in [2.05, 4.69) is 4.90 Å². The first-order valence-electron chi connectivity index (χ1n) is 14.2. The van der Waals surface area contributed by atoms with Crippen LogP contribution in [0.2, 0.25) is 0 Å². The number of hydrogen-bond acceptors (Lipinski definition) is 8. The lowest BCUT2D eigenvalue weighted by Gasteiger charge is -2.46. The number of likely N-dealkylation sites (tertiary alicyclic amines) is 1. The number of aromatic hydroxyl groups is 1. The Kier molecular flexibility index (Phi) is 6.34. The Morgan fingerprint density at radius 2 is 1.73 bits per heavy atom. The van der Waals surface area contributed by atoms with E-state index in [1.165, 1.54) is 38.2 Å². The normalized spacial score (nSPS) is 30.2. The largest absolute Gasteiger partial charge is 0.508 e. The molecule has 2 saturated carbocycles. The molecule has 40 heavy (non-hydrogen) atoms. The van der Waals surface area contributed by atoms with Gasteiger partial charge < -0.3 is 26.2 Å². The highest BCUT2D eigenvalue weighted by Gasteiger charge is 2.60. The van der Waals surface area contributed by atoms with Crippen LogP contribution < -0.4 is 5.73 Å². The summed E-state index contributed by atoms with van der Waals surface area (Å²) in [5.74, 6) is -7.72. The van der Waals surface area contributed by atoms with E-state index >= 15 is 4.39 Å². The van der Waals surface area contributed by atoms with Crippen molar-refractivity contribution in [2.24, 2.45) is 23.0 Å². The molecule has 0 aromatic heterocycles. The molecule has 1 aliphatic heterocycles. The number of amides is 1. The smallest absolute Gasteiger partial charge is 0.255 e. The van der Waals surface area contributed by atoms with Gasteiger partial charge in [-0.05, 0) is 69.0 Å². The predicted octanol–water partition coefficient (Wildman–Crippen LogP) is 3.11. The van der Waals surface area contributed by atoms with Gasteiger partial charge in [0.2, 0.25) is 5.78 Å². The minimum Gasteiger partial charge on any atom is -0.508 e. The van der Waals surface area contributed by atoms with Crippen molar-refractivity contribution in [2.75, 3.05) is 13.1 Å². The van der Waals surface area contributed by atoms with E-state index in [0.29, 0.717) is 17.5 Å². The molecule has 1 unspecified atom stereocenters. The maximum absolute atomic E-state index is 16.0. The summed E-state index contributed by atoms with van der Waals surface area (Å²) in [4.78, 5) is 40.0. The van der Waals surface area contributed by atoms with E-state index in [1.54, 1.807) is 0 Å². The summed E-state index contributed by atoms with van der Waals surface area (Å²) in [6, 6.07) is 1.28. The molecule has 1 spiro atoms. The number of halogens is 1. The van der Waals surface area contributed by atoms with Crippen LogP contribution in [0.3, 0.4) is 0 Å². The Morgan fingerprint density at radius 1 is 1.05 bits per heavy atom. The zero-order valence-corrected chi connectivity index (χ0v) is 22.3. The number of aliphatic hydroxyl groups is 3. The summed E-state index contributed by atoms with van der Waals surface area (Å²) in [5.41, 5.74) is 2.05. The molecule has 3 atom stereocenters. The molecule has 0 bridgehead atoms. The number of nitrogens with zero attached hydrogens (tertiary/aromatic N) is 1. The first-order chi connectivity index (χ1) is 19.0. The third-order valence-corrected chi connectivity index (χ3v) is 10.3. The number of aliphatic hydroxyl groups excluding tert-OH is 2. The summed E-state index contributed by atoms with van der Waals surface area (Å²) in [6.45, 7) is 2.01. The Balaban J connectivity index is 1.32. The van der Waals surface area contributed by atoms with Gasteiger partial charge in [0.25, 0.3) is 5.91 Å². The molecule has 1 amide bonds. The number of carbonyl (C=O) groups excluding carboxylic acids is 3. The lowest BCUT2D eigenvalue weighted by Crippen LogP contribution is -2.58. The second-order valence-electron chi connectivity index (χ2n) is 12.5. The topological polar surface area (TPSA) is 161 Å². The number of hydrogen-bond donors (Lipinski definition) is 5. The van der Waals surface area contributed by atoms with Crippen LogP contribution in [-0.4, -0.2) is 61.5 Å². The molecule has 5 aliphatic rings. The molecule has 1 aromatic rings. The fourth-order valence-electron chi connectivity index (χ4n) is 8.07. The SMILES string of the molecule is NC(=O)C1=C(O)[C@@]2(O)C(=O)C3=C(O)c4c(O)cc(CN5CCC6(CCCCC6)CC5)c(F)c4CC3C[C@H]2CC1=O. The van der Waals surface area contributed by atoms with E-state index in [0.717, 1.165) is 25.9 Å². The number of nitrogens with two attached hydrogens (primary N) is 1. The van der Waals surface area contributed by atoms with Gasteiger partial charge in [0.05, 0.1) is 5.56 Å². The maximum Gasteiger partial charge on any atom is 0.255 e. The maximum atomic E-state index is 16.0. The lowest BCUT2D eigenvalue weighted by atomic mass is 9.59. The standard InChI is InChI=1S/C30H35FN2O7/c31-24-16(14-33-8-6-29(7-9-33)4-2-1-3-5-29)12-19(34)22-18(24)11-15-10-17-13-20(35)23(28(32)39)27(38)30(17,40)26(37)21(15)25(22)36/h12,15,17,34,36,38,40H,1-11,13-14H2,(H2,32,39)/t15?,17-,30-/m0/s1. The van der Waals surface area contributed by atoms with Crippen LogP contribution >= 0.6 is 0 Å². The van der Waals surface area contributed by atoms with Gasteiger partial charge in [0, 0.05) is 35.6 Å². The second-order valence-corrected chi connectivity index (χ2v) is 12.5. The summed E-state index contributed by atoms with van der Waals surface area (Å²) in [5, 5.41) is 44.0. The first-order valence-corrected chi connectivity index (χ1v) is 14.2. The van der Waals surface area contributed by atoms with Gasteiger partial charge in [-0.2, -0.15) is 0 Å². The van der Waals surface area contributed by atoms with Crippen LogP contribution in [0.4, 0.5) is 4.39 Å². The Labute approximate surface area is 231 Å². The van der Waals surface area contributed by atoms with Crippen molar-refractivity contribution in [1.29, 1.82) is 0 Å². The molecule has 10 heteroatoms. The zero-order valence-electron chi connectivity index (χ0n) is 22.3. The Morgan fingerprint density at radius 3 is 2.38 bits per heavy atom. The molecular formula is C30H35FN2O7. The zero-order chi connectivity index (χ0) is 28.6. The van der Waals surface area contributed by atoms with Gasteiger partial charge in [-0.1, -0.05) is 19.3 Å². The minimum absolute atomic E-state index is 0.0262.